The Labute approximate surface area is 137 Å². The first-order valence-electron chi connectivity index (χ1n) is 7.17. The Balaban J connectivity index is 1.64. The normalized spacial score (nSPS) is 10.7. The topological polar surface area (TPSA) is 69.9 Å². The molecule has 0 unspecified atom stereocenters. The third-order valence-corrected chi connectivity index (χ3v) is 4.52. The Morgan fingerprint density at radius 2 is 2.22 bits per heavy atom. The molecule has 0 spiro atoms. The second-order valence-corrected chi connectivity index (χ2v) is 6.03. The van der Waals surface area contributed by atoms with E-state index in [0.717, 1.165) is 21.8 Å². The molecule has 2 heterocycles. The number of ether oxygens (including phenoxy) is 1. The highest BCUT2D eigenvalue weighted by Crippen LogP contribution is 2.16. The molecule has 118 valence electrons. The van der Waals surface area contributed by atoms with Crippen LogP contribution < -0.4 is 0 Å². The maximum atomic E-state index is 12.2. The monoisotopic (exact) mass is 328 g/mol. The second kappa shape index (κ2) is 6.70. The van der Waals surface area contributed by atoms with E-state index in [2.05, 4.69) is 15.1 Å². The van der Waals surface area contributed by atoms with Crippen molar-refractivity contribution in [3.05, 3.63) is 58.1 Å². The number of carbonyl (C=O) groups excluding carboxylic acids is 1. The summed E-state index contributed by atoms with van der Waals surface area (Å²) in [5.74, 6) is -0.310. The molecule has 2 aromatic heterocycles. The standard InChI is InChI=1S/C16H16N4O2S/c1-11-7-13(20-9-17-8-19-20)3-4-14(11)16(21)22-6-5-15-12(2)18-10-23-15/h3-4,7-10H,5-6H2,1-2H3. The zero-order valence-electron chi connectivity index (χ0n) is 12.9. The predicted octanol–water partition coefficient (Wildman–Crippen LogP) is 2.74. The summed E-state index contributed by atoms with van der Waals surface area (Å²) in [5.41, 5.74) is 5.07. The maximum Gasteiger partial charge on any atom is 0.338 e. The highest BCUT2D eigenvalue weighted by Gasteiger charge is 2.12. The summed E-state index contributed by atoms with van der Waals surface area (Å²) < 4.78 is 7.02. The smallest absolute Gasteiger partial charge is 0.338 e. The van der Waals surface area contributed by atoms with Gasteiger partial charge in [0.1, 0.15) is 12.7 Å². The van der Waals surface area contributed by atoms with Crippen LogP contribution in [0.15, 0.2) is 36.4 Å². The van der Waals surface area contributed by atoms with Crippen LogP contribution in [-0.2, 0) is 11.2 Å². The lowest BCUT2D eigenvalue weighted by molar-refractivity contribution is 0.0509. The molecule has 0 bridgehead atoms. The molecule has 0 aliphatic carbocycles. The summed E-state index contributed by atoms with van der Waals surface area (Å²) >= 11 is 1.58. The fourth-order valence-electron chi connectivity index (χ4n) is 2.24. The summed E-state index contributed by atoms with van der Waals surface area (Å²) in [6, 6.07) is 5.47. The molecule has 3 rings (SSSR count). The lowest BCUT2D eigenvalue weighted by Crippen LogP contribution is -2.10. The number of esters is 1. The van der Waals surface area contributed by atoms with Gasteiger partial charge in [0, 0.05) is 11.3 Å². The van der Waals surface area contributed by atoms with Gasteiger partial charge in [-0.05, 0) is 37.6 Å². The fraction of sp³-hybridized carbons (Fsp3) is 0.250. The molecule has 7 heteroatoms. The third-order valence-electron chi connectivity index (χ3n) is 3.52. The minimum absolute atomic E-state index is 0.310. The number of hydrogen-bond acceptors (Lipinski definition) is 6. The van der Waals surface area contributed by atoms with Gasteiger partial charge in [0.25, 0.3) is 0 Å². The average molecular weight is 328 g/mol. The van der Waals surface area contributed by atoms with Gasteiger partial charge in [0.05, 0.1) is 29.1 Å². The Bertz CT molecular complexity index is 811. The van der Waals surface area contributed by atoms with E-state index < -0.39 is 0 Å². The van der Waals surface area contributed by atoms with Crippen LogP contribution in [0, 0.1) is 13.8 Å². The van der Waals surface area contributed by atoms with Gasteiger partial charge in [-0.2, -0.15) is 5.10 Å². The van der Waals surface area contributed by atoms with Crippen LogP contribution >= 0.6 is 11.3 Å². The molecule has 0 N–H and O–H groups in total. The van der Waals surface area contributed by atoms with Crippen LogP contribution in [-0.4, -0.2) is 32.3 Å². The highest BCUT2D eigenvalue weighted by atomic mass is 32.1. The largest absolute Gasteiger partial charge is 0.462 e. The van der Waals surface area contributed by atoms with Gasteiger partial charge in [-0.3, -0.25) is 0 Å². The molecule has 0 aliphatic heterocycles. The van der Waals surface area contributed by atoms with Crippen molar-refractivity contribution in [1.82, 2.24) is 19.7 Å². The number of benzene rings is 1. The summed E-state index contributed by atoms with van der Waals surface area (Å²) in [7, 11) is 0. The Morgan fingerprint density at radius 3 is 2.87 bits per heavy atom. The first-order chi connectivity index (χ1) is 11.1. The van der Waals surface area contributed by atoms with Gasteiger partial charge >= 0.3 is 5.97 Å². The molecule has 0 radical (unpaired) electrons. The Hall–Kier alpha value is -2.54. The van der Waals surface area contributed by atoms with E-state index in [-0.39, 0.29) is 5.97 Å². The zero-order chi connectivity index (χ0) is 16.2. The number of nitrogens with zero attached hydrogens (tertiary/aromatic N) is 4. The Kier molecular flexibility index (Phi) is 4.47. The van der Waals surface area contributed by atoms with Crippen molar-refractivity contribution in [3.8, 4) is 5.69 Å². The molecule has 23 heavy (non-hydrogen) atoms. The SMILES string of the molecule is Cc1cc(-n2cncn2)ccc1C(=O)OCCc1scnc1C. The van der Waals surface area contributed by atoms with Crippen molar-refractivity contribution in [1.29, 1.82) is 0 Å². The van der Waals surface area contributed by atoms with E-state index in [9.17, 15) is 4.79 Å². The van der Waals surface area contributed by atoms with E-state index in [4.69, 9.17) is 4.74 Å². The molecular formula is C16H16N4O2S. The second-order valence-electron chi connectivity index (χ2n) is 5.09. The van der Waals surface area contributed by atoms with Crippen molar-refractivity contribution < 1.29 is 9.53 Å². The van der Waals surface area contributed by atoms with Crippen molar-refractivity contribution in [2.45, 2.75) is 20.3 Å². The molecule has 0 saturated carbocycles. The first kappa shape index (κ1) is 15.4. The zero-order valence-corrected chi connectivity index (χ0v) is 13.7. The number of aryl methyl sites for hydroxylation is 2. The predicted molar refractivity (Wildman–Crippen MR) is 86.9 cm³/mol. The molecule has 1 aromatic carbocycles. The number of rotatable bonds is 5. The molecular weight excluding hydrogens is 312 g/mol. The molecule has 3 aromatic rings. The van der Waals surface area contributed by atoms with Gasteiger partial charge in [-0.25, -0.2) is 19.4 Å². The maximum absolute atomic E-state index is 12.2. The average Bonchev–Trinajstić information content (AvgIpc) is 3.19. The van der Waals surface area contributed by atoms with Crippen molar-refractivity contribution in [2.24, 2.45) is 0 Å². The van der Waals surface area contributed by atoms with Crippen molar-refractivity contribution in [3.63, 3.8) is 0 Å². The molecule has 0 amide bonds. The minimum Gasteiger partial charge on any atom is -0.462 e. The summed E-state index contributed by atoms with van der Waals surface area (Å²) in [6.45, 7) is 4.19. The number of aromatic nitrogens is 4. The van der Waals surface area contributed by atoms with Crippen molar-refractivity contribution in [2.75, 3.05) is 6.61 Å². The van der Waals surface area contributed by atoms with Gasteiger partial charge in [0.2, 0.25) is 0 Å². The van der Waals surface area contributed by atoms with E-state index in [1.54, 1.807) is 33.9 Å². The molecule has 0 saturated heterocycles. The van der Waals surface area contributed by atoms with Crippen LogP contribution in [0.2, 0.25) is 0 Å². The van der Waals surface area contributed by atoms with Gasteiger partial charge in [-0.1, -0.05) is 0 Å². The number of hydrogen-bond donors (Lipinski definition) is 0. The van der Waals surface area contributed by atoms with E-state index in [1.165, 1.54) is 6.33 Å². The summed E-state index contributed by atoms with van der Waals surface area (Å²) in [5, 5.41) is 4.07. The van der Waals surface area contributed by atoms with Crippen LogP contribution in [0.5, 0.6) is 0 Å². The lowest BCUT2D eigenvalue weighted by atomic mass is 10.1. The van der Waals surface area contributed by atoms with Gasteiger partial charge < -0.3 is 4.74 Å². The minimum atomic E-state index is -0.310. The highest BCUT2D eigenvalue weighted by molar-refractivity contribution is 7.09. The molecule has 0 aliphatic rings. The summed E-state index contributed by atoms with van der Waals surface area (Å²) in [6.07, 6.45) is 3.78. The first-order valence-corrected chi connectivity index (χ1v) is 8.05. The quantitative estimate of drug-likeness (QED) is 0.674. The van der Waals surface area contributed by atoms with Crippen LogP contribution in [0.25, 0.3) is 5.69 Å². The van der Waals surface area contributed by atoms with E-state index >= 15 is 0 Å². The lowest BCUT2D eigenvalue weighted by Gasteiger charge is -2.09. The van der Waals surface area contributed by atoms with Crippen molar-refractivity contribution >= 4 is 17.3 Å². The van der Waals surface area contributed by atoms with Crippen LogP contribution in [0.1, 0.15) is 26.5 Å². The Morgan fingerprint density at radius 1 is 1.35 bits per heavy atom. The van der Waals surface area contributed by atoms with E-state index in [1.807, 2.05) is 26.0 Å². The van der Waals surface area contributed by atoms with Gasteiger partial charge in [-0.15, -0.1) is 11.3 Å². The number of carbonyl (C=O) groups is 1. The van der Waals surface area contributed by atoms with Gasteiger partial charge in [0.15, 0.2) is 0 Å². The molecule has 0 fully saturated rings. The van der Waals surface area contributed by atoms with E-state index in [0.29, 0.717) is 18.6 Å². The molecule has 0 atom stereocenters. The summed E-state index contributed by atoms with van der Waals surface area (Å²) in [4.78, 5) is 21.5. The molecule has 6 nitrogen and oxygen atoms in total. The number of thiazole rings is 1. The fourth-order valence-corrected chi connectivity index (χ4v) is 3.00. The third kappa shape index (κ3) is 3.45. The van der Waals surface area contributed by atoms with Crippen LogP contribution in [0.3, 0.4) is 0 Å². The van der Waals surface area contributed by atoms with Crippen LogP contribution in [0.4, 0.5) is 0 Å².